The molecular weight excluding hydrogens is 372 g/mol. The lowest BCUT2D eigenvalue weighted by Crippen LogP contribution is -2.50. The fourth-order valence-corrected chi connectivity index (χ4v) is 4.70. The van der Waals surface area contributed by atoms with Crippen LogP contribution in [0, 0.1) is 6.92 Å². The summed E-state index contributed by atoms with van der Waals surface area (Å²) in [4.78, 5) is 31.2. The molecule has 128 valence electrons. The molecule has 24 heavy (non-hydrogen) atoms. The van der Waals surface area contributed by atoms with Gasteiger partial charge in [0.25, 0.3) is 5.91 Å². The number of aliphatic hydroxyl groups is 1. The quantitative estimate of drug-likeness (QED) is 0.846. The van der Waals surface area contributed by atoms with Gasteiger partial charge in [-0.2, -0.15) is 0 Å². The summed E-state index contributed by atoms with van der Waals surface area (Å²) in [5.74, 6) is -1.41. The van der Waals surface area contributed by atoms with E-state index in [1.165, 1.54) is 22.7 Å². The number of likely N-dealkylation sites (tertiary alicyclic amines) is 1. The summed E-state index contributed by atoms with van der Waals surface area (Å²) in [6, 6.07) is 3.66. The normalized spacial score (nSPS) is 17.0. The average molecular weight is 387 g/mol. The molecule has 1 aliphatic rings. The number of thiazole rings is 1. The van der Waals surface area contributed by atoms with Crippen LogP contribution in [0.25, 0.3) is 9.88 Å². The first-order valence-electron chi connectivity index (χ1n) is 7.28. The predicted octanol–water partition coefficient (Wildman–Crippen LogP) is 2.89. The molecule has 0 aliphatic carbocycles. The van der Waals surface area contributed by atoms with Crippen LogP contribution in [0.2, 0.25) is 4.34 Å². The number of amides is 1. The van der Waals surface area contributed by atoms with E-state index in [2.05, 4.69) is 4.98 Å². The number of halogens is 1. The summed E-state index contributed by atoms with van der Waals surface area (Å²) in [7, 11) is 0. The van der Waals surface area contributed by atoms with Gasteiger partial charge in [0.05, 0.1) is 14.9 Å². The molecule has 2 N–H and O–H groups in total. The highest BCUT2D eigenvalue weighted by Crippen LogP contribution is 2.35. The van der Waals surface area contributed by atoms with Crippen molar-refractivity contribution in [3.63, 3.8) is 0 Å². The van der Waals surface area contributed by atoms with Gasteiger partial charge in [-0.3, -0.25) is 4.79 Å². The first-order valence-corrected chi connectivity index (χ1v) is 9.29. The molecule has 1 aliphatic heterocycles. The Labute approximate surface area is 151 Å². The van der Waals surface area contributed by atoms with E-state index in [0.717, 1.165) is 9.88 Å². The molecule has 0 saturated carbocycles. The maximum Gasteiger partial charge on any atom is 0.335 e. The largest absolute Gasteiger partial charge is 0.479 e. The number of aliphatic carboxylic acids is 1. The number of hydrogen-bond donors (Lipinski definition) is 2. The zero-order valence-electron chi connectivity index (χ0n) is 12.8. The first-order chi connectivity index (χ1) is 11.3. The number of carboxylic acids is 1. The second-order valence-corrected chi connectivity index (χ2v) is 8.38. The van der Waals surface area contributed by atoms with Crippen molar-refractivity contribution in [2.24, 2.45) is 0 Å². The highest BCUT2D eigenvalue weighted by Gasteiger charge is 2.41. The Kier molecular flexibility index (Phi) is 4.65. The molecule has 0 bridgehead atoms. The average Bonchev–Trinajstić information content (AvgIpc) is 3.13. The van der Waals surface area contributed by atoms with Crippen molar-refractivity contribution in [1.82, 2.24) is 9.88 Å². The van der Waals surface area contributed by atoms with E-state index in [-0.39, 0.29) is 31.8 Å². The van der Waals surface area contributed by atoms with Crippen molar-refractivity contribution in [2.45, 2.75) is 25.4 Å². The van der Waals surface area contributed by atoms with Gasteiger partial charge in [-0.25, -0.2) is 9.78 Å². The Balaban J connectivity index is 1.77. The maximum atomic E-state index is 12.7. The van der Waals surface area contributed by atoms with Gasteiger partial charge in [0.15, 0.2) is 5.60 Å². The zero-order valence-corrected chi connectivity index (χ0v) is 15.2. The monoisotopic (exact) mass is 386 g/mol. The standard InChI is InChI=1S/C15H15ClN2O4S2/c1-8-11(24-12(17-8)9-2-3-10(16)23-9)13(19)18-6-4-15(22,5-7-18)14(20)21/h2-3,22H,4-7H2,1H3,(H,20,21). The van der Waals surface area contributed by atoms with Crippen LogP contribution in [0.15, 0.2) is 12.1 Å². The molecule has 0 atom stereocenters. The number of nitrogens with zero attached hydrogens (tertiary/aromatic N) is 2. The van der Waals surface area contributed by atoms with Gasteiger partial charge in [0.2, 0.25) is 0 Å². The molecular formula is C15H15ClN2O4S2. The Morgan fingerprint density at radius 1 is 1.29 bits per heavy atom. The third-order valence-electron chi connectivity index (χ3n) is 4.05. The molecule has 0 aromatic carbocycles. The van der Waals surface area contributed by atoms with E-state index < -0.39 is 11.6 Å². The van der Waals surface area contributed by atoms with Gasteiger partial charge in [0.1, 0.15) is 9.88 Å². The van der Waals surface area contributed by atoms with Crippen molar-refractivity contribution in [1.29, 1.82) is 0 Å². The number of rotatable bonds is 3. The molecule has 9 heteroatoms. The number of carbonyl (C=O) groups excluding carboxylic acids is 1. The van der Waals surface area contributed by atoms with Crippen LogP contribution in [-0.2, 0) is 4.79 Å². The minimum absolute atomic E-state index is 0.0271. The molecule has 3 rings (SSSR count). The van der Waals surface area contributed by atoms with Crippen LogP contribution < -0.4 is 0 Å². The lowest BCUT2D eigenvalue weighted by Gasteiger charge is -2.35. The van der Waals surface area contributed by atoms with Crippen LogP contribution in [0.5, 0.6) is 0 Å². The number of aromatic nitrogens is 1. The molecule has 2 aromatic heterocycles. The van der Waals surface area contributed by atoms with Gasteiger partial charge < -0.3 is 15.1 Å². The fourth-order valence-electron chi connectivity index (χ4n) is 2.57. The van der Waals surface area contributed by atoms with Crippen LogP contribution >= 0.6 is 34.3 Å². The number of hydrogen-bond acceptors (Lipinski definition) is 6. The summed E-state index contributed by atoms with van der Waals surface area (Å²) in [6.07, 6.45) is 0.0542. The summed E-state index contributed by atoms with van der Waals surface area (Å²) < 4.78 is 0.662. The van der Waals surface area contributed by atoms with Gasteiger partial charge in [-0.1, -0.05) is 11.6 Å². The number of thiophene rings is 1. The summed E-state index contributed by atoms with van der Waals surface area (Å²) >= 11 is 8.65. The summed E-state index contributed by atoms with van der Waals surface area (Å²) in [5, 5.41) is 19.8. The SMILES string of the molecule is Cc1nc(-c2ccc(Cl)s2)sc1C(=O)N1CCC(O)(C(=O)O)CC1. The Morgan fingerprint density at radius 3 is 2.50 bits per heavy atom. The fraction of sp³-hybridized carbons (Fsp3) is 0.400. The van der Waals surface area contributed by atoms with E-state index >= 15 is 0 Å². The predicted molar refractivity (Wildman–Crippen MR) is 92.9 cm³/mol. The first kappa shape index (κ1) is 17.3. The van der Waals surface area contributed by atoms with Crippen molar-refractivity contribution in [3.8, 4) is 9.88 Å². The van der Waals surface area contributed by atoms with E-state index in [1.807, 2.05) is 6.07 Å². The highest BCUT2D eigenvalue weighted by atomic mass is 35.5. The molecule has 0 radical (unpaired) electrons. The Hall–Kier alpha value is -1.48. The molecule has 1 fully saturated rings. The smallest absolute Gasteiger partial charge is 0.335 e. The molecule has 2 aromatic rings. The van der Waals surface area contributed by atoms with Gasteiger partial charge >= 0.3 is 5.97 Å². The van der Waals surface area contributed by atoms with E-state index in [9.17, 15) is 14.7 Å². The molecule has 6 nitrogen and oxygen atoms in total. The minimum atomic E-state index is -1.74. The number of aryl methyl sites for hydroxylation is 1. The number of carboxylic acid groups (broad SMARTS) is 1. The lowest BCUT2D eigenvalue weighted by molar-refractivity contribution is -0.162. The van der Waals surface area contributed by atoms with E-state index in [0.29, 0.717) is 14.9 Å². The lowest BCUT2D eigenvalue weighted by atomic mass is 9.91. The minimum Gasteiger partial charge on any atom is -0.479 e. The molecule has 1 amide bonds. The Bertz CT molecular complexity index is 793. The number of piperidine rings is 1. The van der Waals surface area contributed by atoms with Crippen molar-refractivity contribution in [2.75, 3.05) is 13.1 Å². The van der Waals surface area contributed by atoms with E-state index in [1.54, 1.807) is 17.9 Å². The zero-order chi connectivity index (χ0) is 17.5. The summed E-state index contributed by atoms with van der Waals surface area (Å²) in [6.45, 7) is 2.19. The van der Waals surface area contributed by atoms with Crippen LogP contribution in [0.3, 0.4) is 0 Å². The highest BCUT2D eigenvalue weighted by molar-refractivity contribution is 7.24. The molecule has 0 unspecified atom stereocenters. The third-order valence-corrected chi connectivity index (χ3v) is 6.60. The van der Waals surface area contributed by atoms with Crippen molar-refractivity contribution < 1.29 is 19.8 Å². The second-order valence-electron chi connectivity index (χ2n) is 5.67. The maximum absolute atomic E-state index is 12.7. The van der Waals surface area contributed by atoms with Crippen LogP contribution in [0.4, 0.5) is 0 Å². The Morgan fingerprint density at radius 2 is 1.96 bits per heavy atom. The van der Waals surface area contributed by atoms with Crippen LogP contribution in [0.1, 0.15) is 28.2 Å². The van der Waals surface area contributed by atoms with Gasteiger partial charge in [-0.15, -0.1) is 22.7 Å². The summed E-state index contributed by atoms with van der Waals surface area (Å²) in [5.41, 5.74) is -1.10. The second kappa shape index (κ2) is 6.44. The molecule has 3 heterocycles. The van der Waals surface area contributed by atoms with E-state index in [4.69, 9.17) is 16.7 Å². The van der Waals surface area contributed by atoms with Crippen molar-refractivity contribution in [3.05, 3.63) is 27.0 Å². The third kappa shape index (κ3) is 3.19. The molecule has 0 spiro atoms. The number of carbonyl (C=O) groups is 2. The van der Waals surface area contributed by atoms with Crippen LogP contribution in [-0.4, -0.2) is 50.7 Å². The topological polar surface area (TPSA) is 90.7 Å². The van der Waals surface area contributed by atoms with Gasteiger partial charge in [0, 0.05) is 25.9 Å². The van der Waals surface area contributed by atoms with Gasteiger partial charge in [-0.05, 0) is 19.1 Å². The van der Waals surface area contributed by atoms with Crippen molar-refractivity contribution >= 4 is 46.2 Å². The molecule has 1 saturated heterocycles.